The van der Waals surface area contributed by atoms with E-state index in [1.165, 1.54) is 25.3 Å². The number of anilines is 1. The molecule has 0 aliphatic carbocycles. The van der Waals surface area contributed by atoms with Crippen LogP contribution in [-0.2, 0) is 0 Å². The number of benzene rings is 2. The smallest absolute Gasteiger partial charge is 0.387 e. The van der Waals surface area contributed by atoms with Gasteiger partial charge in [0.25, 0.3) is 11.8 Å². The molecule has 2 aromatic carbocycles. The fourth-order valence-corrected chi connectivity index (χ4v) is 3.70. The van der Waals surface area contributed by atoms with E-state index in [4.69, 9.17) is 4.74 Å². The summed E-state index contributed by atoms with van der Waals surface area (Å²) in [4.78, 5) is 27.4. The average molecular weight is 432 g/mol. The molecular formula is C23H26F2N2O4. The molecule has 0 radical (unpaired) electrons. The first-order valence-electron chi connectivity index (χ1n) is 10.2. The lowest BCUT2D eigenvalue weighted by atomic mass is 10.0. The lowest BCUT2D eigenvalue weighted by molar-refractivity contribution is -0.0512. The Kier molecular flexibility index (Phi) is 7.09. The molecule has 1 aliphatic rings. The fourth-order valence-electron chi connectivity index (χ4n) is 3.70. The Labute approximate surface area is 180 Å². The quantitative estimate of drug-likeness (QED) is 0.707. The molecule has 1 aliphatic heterocycles. The van der Waals surface area contributed by atoms with E-state index in [1.54, 1.807) is 18.2 Å². The molecule has 6 nitrogen and oxygen atoms in total. The summed E-state index contributed by atoms with van der Waals surface area (Å²) in [6.07, 6.45) is 3.15. The number of hydrogen-bond donors (Lipinski definition) is 1. The van der Waals surface area contributed by atoms with Crippen LogP contribution in [0.4, 0.5) is 14.5 Å². The van der Waals surface area contributed by atoms with Crippen molar-refractivity contribution in [3.8, 4) is 11.5 Å². The Morgan fingerprint density at radius 3 is 2.48 bits per heavy atom. The van der Waals surface area contributed by atoms with Gasteiger partial charge in [0.1, 0.15) is 0 Å². The summed E-state index contributed by atoms with van der Waals surface area (Å²) < 4.78 is 34.4. The van der Waals surface area contributed by atoms with E-state index in [0.717, 1.165) is 31.4 Å². The van der Waals surface area contributed by atoms with Crippen molar-refractivity contribution < 1.29 is 27.8 Å². The SMILES string of the molecule is COc1cc(C(=O)Nc2ccc(C(=O)N3CCCCC3C)cc2C)ccc1OC(F)F. The monoisotopic (exact) mass is 432 g/mol. The molecule has 1 saturated heterocycles. The molecule has 1 fully saturated rings. The van der Waals surface area contributed by atoms with Gasteiger partial charge in [0.05, 0.1) is 7.11 Å². The molecule has 0 saturated carbocycles. The van der Waals surface area contributed by atoms with E-state index < -0.39 is 12.5 Å². The summed E-state index contributed by atoms with van der Waals surface area (Å²) >= 11 is 0. The second-order valence-corrected chi connectivity index (χ2v) is 7.57. The molecule has 1 heterocycles. The third kappa shape index (κ3) is 5.31. The van der Waals surface area contributed by atoms with Crippen LogP contribution in [0.25, 0.3) is 0 Å². The average Bonchev–Trinajstić information content (AvgIpc) is 2.74. The van der Waals surface area contributed by atoms with Crippen molar-refractivity contribution in [3.05, 3.63) is 53.1 Å². The topological polar surface area (TPSA) is 67.9 Å². The fraction of sp³-hybridized carbons (Fsp3) is 0.391. The first kappa shape index (κ1) is 22.5. The van der Waals surface area contributed by atoms with Crippen molar-refractivity contribution in [1.29, 1.82) is 0 Å². The van der Waals surface area contributed by atoms with E-state index in [-0.39, 0.29) is 29.0 Å². The Hall–Kier alpha value is -3.16. The number of carbonyl (C=O) groups excluding carboxylic acids is 2. The van der Waals surface area contributed by atoms with Crippen LogP contribution < -0.4 is 14.8 Å². The number of amides is 2. The number of nitrogens with one attached hydrogen (secondary N) is 1. The van der Waals surface area contributed by atoms with Crippen molar-refractivity contribution in [2.45, 2.75) is 45.8 Å². The largest absolute Gasteiger partial charge is 0.493 e. The number of methoxy groups -OCH3 is 1. The molecule has 1 unspecified atom stereocenters. The number of aryl methyl sites for hydroxylation is 1. The molecular weight excluding hydrogens is 406 g/mol. The maximum atomic E-state index is 12.9. The zero-order valence-corrected chi connectivity index (χ0v) is 17.8. The Balaban J connectivity index is 1.74. The van der Waals surface area contributed by atoms with Gasteiger partial charge in [-0.25, -0.2) is 0 Å². The van der Waals surface area contributed by atoms with Gasteiger partial charge in [-0.2, -0.15) is 8.78 Å². The van der Waals surface area contributed by atoms with Crippen LogP contribution >= 0.6 is 0 Å². The molecule has 31 heavy (non-hydrogen) atoms. The molecule has 2 amide bonds. The van der Waals surface area contributed by atoms with Crippen LogP contribution in [0.1, 0.15) is 52.5 Å². The van der Waals surface area contributed by atoms with Gasteiger partial charge in [-0.3, -0.25) is 9.59 Å². The highest BCUT2D eigenvalue weighted by Crippen LogP contribution is 2.30. The van der Waals surface area contributed by atoms with Crippen molar-refractivity contribution in [3.63, 3.8) is 0 Å². The summed E-state index contributed by atoms with van der Waals surface area (Å²) in [5.41, 5.74) is 2.10. The zero-order chi connectivity index (χ0) is 22.5. The maximum absolute atomic E-state index is 12.9. The summed E-state index contributed by atoms with van der Waals surface area (Å²) in [7, 11) is 1.30. The van der Waals surface area contributed by atoms with Crippen LogP contribution in [0.2, 0.25) is 0 Å². The van der Waals surface area contributed by atoms with E-state index >= 15 is 0 Å². The number of alkyl halides is 2. The van der Waals surface area contributed by atoms with Gasteiger partial charge in [-0.15, -0.1) is 0 Å². The molecule has 0 bridgehead atoms. The van der Waals surface area contributed by atoms with Gasteiger partial charge in [-0.05, 0) is 75.1 Å². The molecule has 0 spiro atoms. The van der Waals surface area contributed by atoms with Gasteiger partial charge >= 0.3 is 6.61 Å². The molecule has 1 N–H and O–H groups in total. The van der Waals surface area contributed by atoms with E-state index in [9.17, 15) is 18.4 Å². The standard InChI is InChI=1S/C23H26F2N2O4/c1-14-12-17(22(29)27-11-5-4-6-15(27)2)7-9-18(14)26-21(28)16-8-10-19(31-23(24)25)20(13-16)30-3/h7-10,12-13,15,23H,4-6,11H2,1-3H3,(H,26,28). The normalized spacial score (nSPS) is 16.2. The second kappa shape index (κ2) is 9.76. The van der Waals surface area contributed by atoms with E-state index in [2.05, 4.69) is 17.0 Å². The number of ether oxygens (including phenoxy) is 2. The Morgan fingerprint density at radius 1 is 1.10 bits per heavy atom. The third-order valence-corrected chi connectivity index (χ3v) is 5.43. The number of halogens is 2. The van der Waals surface area contributed by atoms with Crippen LogP contribution in [0.3, 0.4) is 0 Å². The van der Waals surface area contributed by atoms with Crippen molar-refractivity contribution in [2.24, 2.45) is 0 Å². The molecule has 1 atom stereocenters. The predicted octanol–water partition coefficient (Wildman–Crippen LogP) is 4.87. The first-order chi connectivity index (χ1) is 14.8. The first-order valence-corrected chi connectivity index (χ1v) is 10.2. The van der Waals surface area contributed by atoms with Gasteiger partial charge in [0.2, 0.25) is 0 Å². The van der Waals surface area contributed by atoms with E-state index in [1.807, 2.05) is 11.8 Å². The lowest BCUT2D eigenvalue weighted by Gasteiger charge is -2.33. The molecule has 0 aromatic heterocycles. The van der Waals surface area contributed by atoms with Crippen LogP contribution in [0.5, 0.6) is 11.5 Å². The Morgan fingerprint density at radius 2 is 1.84 bits per heavy atom. The number of likely N-dealkylation sites (tertiary alicyclic amines) is 1. The summed E-state index contributed by atoms with van der Waals surface area (Å²) in [5.74, 6) is -0.567. The highest BCUT2D eigenvalue weighted by Gasteiger charge is 2.24. The van der Waals surface area contributed by atoms with Gasteiger partial charge in [-0.1, -0.05) is 0 Å². The van der Waals surface area contributed by atoms with Gasteiger partial charge < -0.3 is 19.7 Å². The number of rotatable bonds is 6. The van der Waals surface area contributed by atoms with Crippen molar-refractivity contribution >= 4 is 17.5 Å². The molecule has 2 aromatic rings. The number of hydrogen-bond acceptors (Lipinski definition) is 4. The number of piperidine rings is 1. The lowest BCUT2D eigenvalue weighted by Crippen LogP contribution is -2.42. The number of nitrogens with zero attached hydrogens (tertiary/aromatic N) is 1. The maximum Gasteiger partial charge on any atom is 0.387 e. The van der Waals surface area contributed by atoms with Crippen LogP contribution in [0.15, 0.2) is 36.4 Å². The summed E-state index contributed by atoms with van der Waals surface area (Å²) in [5, 5.41) is 2.78. The minimum Gasteiger partial charge on any atom is -0.493 e. The predicted molar refractivity (Wildman–Crippen MR) is 113 cm³/mol. The molecule has 166 valence electrons. The van der Waals surface area contributed by atoms with E-state index in [0.29, 0.717) is 11.3 Å². The van der Waals surface area contributed by atoms with Crippen LogP contribution in [-0.4, -0.2) is 43.0 Å². The highest BCUT2D eigenvalue weighted by molar-refractivity contribution is 6.05. The minimum atomic E-state index is -3.00. The third-order valence-electron chi connectivity index (χ3n) is 5.43. The van der Waals surface area contributed by atoms with Crippen molar-refractivity contribution in [1.82, 2.24) is 4.90 Å². The van der Waals surface area contributed by atoms with Gasteiger partial charge in [0, 0.05) is 29.4 Å². The summed E-state index contributed by atoms with van der Waals surface area (Å²) in [6.45, 7) is 1.63. The Bertz CT molecular complexity index is 965. The molecule has 3 rings (SSSR count). The van der Waals surface area contributed by atoms with Crippen LogP contribution in [0, 0.1) is 6.92 Å². The van der Waals surface area contributed by atoms with Gasteiger partial charge in [0.15, 0.2) is 11.5 Å². The number of carbonyl (C=O) groups is 2. The zero-order valence-electron chi connectivity index (χ0n) is 17.8. The minimum absolute atomic E-state index is 0.00692. The summed E-state index contributed by atoms with van der Waals surface area (Å²) in [6, 6.07) is 9.34. The molecule has 8 heteroatoms. The van der Waals surface area contributed by atoms with Crippen molar-refractivity contribution in [2.75, 3.05) is 19.0 Å². The second-order valence-electron chi connectivity index (χ2n) is 7.57. The highest BCUT2D eigenvalue weighted by atomic mass is 19.3.